The van der Waals surface area contributed by atoms with E-state index in [0.29, 0.717) is 12.2 Å². The fraction of sp³-hybridized carbons (Fsp3) is 0.480. The predicted octanol–water partition coefficient (Wildman–Crippen LogP) is 6.46. The predicted molar refractivity (Wildman–Crippen MR) is 120 cm³/mol. The smallest absolute Gasteiger partial charge is 0.416 e. The number of carbonyl (C=O) groups is 1. The Balaban J connectivity index is 1.88. The van der Waals surface area contributed by atoms with Crippen molar-refractivity contribution in [3.63, 3.8) is 0 Å². The lowest BCUT2D eigenvalue weighted by atomic mass is 10.1. The Morgan fingerprint density at radius 3 is 1.97 bits per heavy atom. The first-order valence-electron chi connectivity index (χ1n) is 11.3. The molecule has 0 aliphatic heterocycles. The van der Waals surface area contributed by atoms with Gasteiger partial charge in [0.1, 0.15) is 5.75 Å². The van der Waals surface area contributed by atoms with E-state index in [4.69, 9.17) is 14.7 Å². The lowest BCUT2D eigenvalue weighted by Crippen LogP contribution is -2.26. The summed E-state index contributed by atoms with van der Waals surface area (Å²) in [6, 6.07) is 12.1. The fourth-order valence-corrected chi connectivity index (χ4v) is 3.26. The van der Waals surface area contributed by atoms with E-state index in [9.17, 15) is 18.0 Å². The molecule has 0 fully saturated rings. The molecule has 0 aromatic heterocycles. The molecule has 0 unspecified atom stereocenters. The molecule has 0 aliphatic rings. The number of nitrogens with zero attached hydrogens (tertiary/aromatic N) is 1. The van der Waals surface area contributed by atoms with Crippen molar-refractivity contribution in [3.8, 4) is 5.75 Å². The van der Waals surface area contributed by atoms with Crippen LogP contribution in [0.1, 0.15) is 62.1 Å². The van der Waals surface area contributed by atoms with Gasteiger partial charge in [-0.3, -0.25) is 4.84 Å². The van der Waals surface area contributed by atoms with E-state index < -0.39 is 24.3 Å². The third-order valence-electron chi connectivity index (χ3n) is 5.06. The van der Waals surface area contributed by atoms with E-state index in [1.54, 1.807) is 0 Å². The Labute approximate surface area is 193 Å². The van der Waals surface area contributed by atoms with Crippen LogP contribution in [0.25, 0.3) is 0 Å². The van der Waals surface area contributed by atoms with Crippen molar-refractivity contribution in [2.45, 2.75) is 64.7 Å². The van der Waals surface area contributed by atoms with E-state index >= 15 is 0 Å². The minimum absolute atomic E-state index is 0.141. The number of benzene rings is 2. The van der Waals surface area contributed by atoms with Crippen LogP contribution in [-0.4, -0.2) is 29.4 Å². The molecule has 5 nitrogen and oxygen atoms in total. The van der Waals surface area contributed by atoms with Crippen molar-refractivity contribution in [1.82, 2.24) is 5.06 Å². The summed E-state index contributed by atoms with van der Waals surface area (Å²) in [5.74, 6) is -0.376. The average molecular weight is 468 g/mol. The van der Waals surface area contributed by atoms with Crippen LogP contribution in [0.4, 0.5) is 13.2 Å². The Morgan fingerprint density at radius 1 is 0.879 bits per heavy atom. The number of rotatable bonds is 15. The van der Waals surface area contributed by atoms with Crippen LogP contribution in [-0.2, 0) is 28.9 Å². The Kier molecular flexibility index (Phi) is 11.2. The molecule has 2 rings (SSSR count). The second-order valence-corrected chi connectivity index (χ2v) is 7.92. The Hall–Kier alpha value is -2.58. The number of carboxylic acid groups (broad SMARTS) is 1. The number of halogens is 3. The molecule has 0 amide bonds. The molecule has 1 N–H and O–H groups in total. The van der Waals surface area contributed by atoms with Gasteiger partial charge in [-0.25, -0.2) is 4.79 Å². The molecule has 8 heteroatoms. The van der Waals surface area contributed by atoms with Crippen LogP contribution in [0.2, 0.25) is 0 Å². The minimum Gasteiger partial charge on any atom is -0.494 e. The van der Waals surface area contributed by atoms with Gasteiger partial charge in [0.05, 0.1) is 12.2 Å². The molecule has 0 atom stereocenters. The molecule has 0 saturated carbocycles. The lowest BCUT2D eigenvalue weighted by molar-refractivity contribution is -0.190. The molecular formula is C25H32F3NO4. The monoisotopic (exact) mass is 467 g/mol. The van der Waals surface area contributed by atoms with Gasteiger partial charge in [-0.1, -0.05) is 63.3 Å². The van der Waals surface area contributed by atoms with Crippen LogP contribution >= 0.6 is 0 Å². The van der Waals surface area contributed by atoms with E-state index in [1.807, 2.05) is 24.3 Å². The van der Waals surface area contributed by atoms with Gasteiger partial charge in [0.25, 0.3) is 0 Å². The average Bonchev–Trinajstić information content (AvgIpc) is 2.77. The molecule has 0 bridgehead atoms. The van der Waals surface area contributed by atoms with Crippen molar-refractivity contribution < 1.29 is 32.6 Å². The molecule has 2 aromatic carbocycles. The highest BCUT2D eigenvalue weighted by atomic mass is 19.4. The highest BCUT2D eigenvalue weighted by molar-refractivity contribution is 5.67. The van der Waals surface area contributed by atoms with Crippen molar-refractivity contribution in [2.24, 2.45) is 0 Å². The van der Waals surface area contributed by atoms with Gasteiger partial charge < -0.3 is 9.84 Å². The maximum Gasteiger partial charge on any atom is 0.416 e. The van der Waals surface area contributed by atoms with E-state index in [2.05, 4.69) is 6.92 Å². The number of hydrogen-bond acceptors (Lipinski definition) is 4. The summed E-state index contributed by atoms with van der Waals surface area (Å²) in [6.45, 7) is 2.72. The summed E-state index contributed by atoms with van der Waals surface area (Å²) in [4.78, 5) is 16.3. The van der Waals surface area contributed by atoms with Gasteiger partial charge in [0.2, 0.25) is 0 Å². The highest BCUT2D eigenvalue weighted by Crippen LogP contribution is 2.29. The molecule has 2 aromatic rings. The van der Waals surface area contributed by atoms with Crippen LogP contribution in [0.3, 0.4) is 0 Å². The summed E-state index contributed by atoms with van der Waals surface area (Å²) in [6.07, 6.45) is 2.74. The second-order valence-electron chi connectivity index (χ2n) is 7.92. The minimum atomic E-state index is -4.41. The largest absolute Gasteiger partial charge is 0.494 e. The molecule has 0 saturated heterocycles. The zero-order chi connectivity index (χ0) is 24.1. The number of hydrogen-bond donors (Lipinski definition) is 1. The first-order chi connectivity index (χ1) is 15.8. The first-order valence-corrected chi connectivity index (χ1v) is 11.3. The van der Waals surface area contributed by atoms with Crippen molar-refractivity contribution >= 4 is 5.97 Å². The highest BCUT2D eigenvalue weighted by Gasteiger charge is 2.30. The molecule has 182 valence electrons. The Morgan fingerprint density at radius 2 is 1.42 bits per heavy atom. The van der Waals surface area contributed by atoms with Crippen LogP contribution in [0, 0.1) is 0 Å². The zero-order valence-electron chi connectivity index (χ0n) is 18.9. The third-order valence-corrected chi connectivity index (χ3v) is 5.06. The molecule has 0 heterocycles. The number of alkyl halides is 3. The van der Waals surface area contributed by atoms with E-state index in [1.165, 1.54) is 42.9 Å². The van der Waals surface area contributed by atoms with Gasteiger partial charge in [-0.05, 0) is 41.8 Å². The standard InChI is InChI=1S/C25H32F3NO4/c1-2-3-4-5-6-7-16-32-23-14-10-21(11-15-23)18-29(33-19-24(30)31)17-20-8-12-22(13-9-20)25(26,27)28/h8-15H,2-7,16-19H2,1H3,(H,30,31). The number of ether oxygens (including phenoxy) is 1. The lowest BCUT2D eigenvalue weighted by Gasteiger charge is -2.21. The molecule has 0 aliphatic carbocycles. The topological polar surface area (TPSA) is 59.0 Å². The van der Waals surface area contributed by atoms with Gasteiger partial charge in [-0.15, -0.1) is 0 Å². The summed E-state index contributed by atoms with van der Waals surface area (Å²) in [5.41, 5.74) is 0.701. The second kappa shape index (κ2) is 13.9. The summed E-state index contributed by atoms with van der Waals surface area (Å²) in [5, 5.41) is 10.3. The quantitative estimate of drug-likeness (QED) is 0.241. The molecule has 0 spiro atoms. The van der Waals surface area contributed by atoms with Crippen LogP contribution in [0.5, 0.6) is 5.75 Å². The van der Waals surface area contributed by atoms with Crippen LogP contribution < -0.4 is 4.74 Å². The van der Waals surface area contributed by atoms with Gasteiger partial charge >= 0.3 is 12.1 Å². The van der Waals surface area contributed by atoms with Crippen molar-refractivity contribution in [2.75, 3.05) is 13.2 Å². The van der Waals surface area contributed by atoms with Crippen LogP contribution in [0.15, 0.2) is 48.5 Å². The van der Waals surface area contributed by atoms with E-state index in [0.717, 1.165) is 36.3 Å². The number of unbranched alkanes of at least 4 members (excludes halogenated alkanes) is 5. The maximum atomic E-state index is 12.8. The molecule has 0 radical (unpaired) electrons. The van der Waals surface area contributed by atoms with Crippen molar-refractivity contribution in [1.29, 1.82) is 0 Å². The fourth-order valence-electron chi connectivity index (χ4n) is 3.26. The van der Waals surface area contributed by atoms with Gasteiger partial charge in [0, 0.05) is 13.1 Å². The van der Waals surface area contributed by atoms with E-state index in [-0.39, 0.29) is 13.1 Å². The number of hydroxylamine groups is 2. The van der Waals surface area contributed by atoms with Gasteiger partial charge in [0.15, 0.2) is 6.61 Å². The van der Waals surface area contributed by atoms with Gasteiger partial charge in [-0.2, -0.15) is 18.2 Å². The number of carboxylic acids is 1. The SMILES string of the molecule is CCCCCCCCOc1ccc(CN(Cc2ccc(C(F)(F)F)cc2)OCC(=O)O)cc1. The summed E-state index contributed by atoms with van der Waals surface area (Å²) >= 11 is 0. The number of aliphatic carboxylic acids is 1. The third kappa shape index (κ3) is 10.7. The summed E-state index contributed by atoms with van der Waals surface area (Å²) in [7, 11) is 0. The molecular weight excluding hydrogens is 435 g/mol. The normalized spacial score (nSPS) is 11.7. The Bertz CT molecular complexity index is 823. The first kappa shape index (κ1) is 26.7. The summed E-state index contributed by atoms with van der Waals surface area (Å²) < 4.78 is 44.1. The van der Waals surface area contributed by atoms with Crippen molar-refractivity contribution in [3.05, 3.63) is 65.2 Å². The molecule has 33 heavy (non-hydrogen) atoms. The maximum absolute atomic E-state index is 12.8. The zero-order valence-corrected chi connectivity index (χ0v) is 18.9.